The fourth-order valence-electron chi connectivity index (χ4n) is 2.29. The molecule has 2 atom stereocenters. The number of hydrogen-bond acceptors (Lipinski definition) is 1. The van der Waals surface area contributed by atoms with Gasteiger partial charge in [0.2, 0.25) is 0 Å². The van der Waals surface area contributed by atoms with Gasteiger partial charge in [-0.05, 0) is 43.7 Å². The SMILES string of the molecule is Cc1ccc(NC[C@H]2CC[C@H]2C)c(C)c1. The zero-order valence-corrected chi connectivity index (χ0v) is 10.0. The van der Waals surface area contributed by atoms with E-state index >= 15 is 0 Å². The van der Waals surface area contributed by atoms with E-state index < -0.39 is 0 Å². The molecular weight excluding hydrogens is 182 g/mol. The van der Waals surface area contributed by atoms with Crippen molar-refractivity contribution in [3.63, 3.8) is 0 Å². The Balaban J connectivity index is 1.93. The van der Waals surface area contributed by atoms with Crippen LogP contribution in [-0.4, -0.2) is 6.54 Å². The molecule has 1 aromatic rings. The molecule has 0 saturated heterocycles. The first-order chi connectivity index (χ1) is 7.16. The average molecular weight is 203 g/mol. The van der Waals surface area contributed by atoms with Gasteiger partial charge in [-0.2, -0.15) is 0 Å². The summed E-state index contributed by atoms with van der Waals surface area (Å²) < 4.78 is 0. The van der Waals surface area contributed by atoms with Crippen LogP contribution < -0.4 is 5.32 Å². The summed E-state index contributed by atoms with van der Waals surface area (Å²) in [5, 5.41) is 3.57. The third kappa shape index (κ3) is 2.34. The summed E-state index contributed by atoms with van der Waals surface area (Å²) in [6.45, 7) is 7.83. The molecule has 0 aromatic heterocycles. The van der Waals surface area contributed by atoms with Crippen LogP contribution in [0.2, 0.25) is 0 Å². The number of rotatable bonds is 3. The number of anilines is 1. The molecule has 1 aliphatic carbocycles. The van der Waals surface area contributed by atoms with Gasteiger partial charge in [-0.3, -0.25) is 0 Å². The van der Waals surface area contributed by atoms with Crippen LogP contribution in [0.1, 0.15) is 30.9 Å². The summed E-state index contributed by atoms with van der Waals surface area (Å²) in [4.78, 5) is 0. The maximum Gasteiger partial charge on any atom is 0.0370 e. The molecule has 1 aromatic carbocycles. The Labute approximate surface area is 92.9 Å². The van der Waals surface area contributed by atoms with Crippen molar-refractivity contribution in [2.24, 2.45) is 11.8 Å². The first-order valence-electron chi connectivity index (χ1n) is 5.98. The molecule has 1 aliphatic rings. The maximum atomic E-state index is 3.57. The van der Waals surface area contributed by atoms with E-state index in [1.165, 1.54) is 29.7 Å². The minimum Gasteiger partial charge on any atom is -0.385 e. The Hall–Kier alpha value is -0.980. The predicted molar refractivity (Wildman–Crippen MR) is 66.3 cm³/mol. The molecule has 0 unspecified atom stereocenters. The molecule has 1 nitrogen and oxygen atoms in total. The lowest BCUT2D eigenvalue weighted by atomic mass is 9.75. The van der Waals surface area contributed by atoms with Gasteiger partial charge in [0.05, 0.1) is 0 Å². The van der Waals surface area contributed by atoms with E-state index in [-0.39, 0.29) is 0 Å². The number of benzene rings is 1. The van der Waals surface area contributed by atoms with Crippen molar-refractivity contribution in [3.8, 4) is 0 Å². The highest BCUT2D eigenvalue weighted by Gasteiger charge is 2.26. The summed E-state index contributed by atoms with van der Waals surface area (Å²) in [6, 6.07) is 6.63. The van der Waals surface area contributed by atoms with E-state index in [1.54, 1.807) is 0 Å². The molecule has 1 heteroatoms. The zero-order chi connectivity index (χ0) is 10.8. The Bertz CT molecular complexity index is 343. The lowest BCUT2D eigenvalue weighted by molar-refractivity contribution is 0.210. The molecule has 0 heterocycles. The molecular formula is C14H21N. The van der Waals surface area contributed by atoms with Crippen molar-refractivity contribution in [1.29, 1.82) is 0 Å². The number of aryl methyl sites for hydroxylation is 2. The Morgan fingerprint density at radius 3 is 2.60 bits per heavy atom. The highest BCUT2D eigenvalue weighted by Crippen LogP contribution is 2.33. The van der Waals surface area contributed by atoms with Crippen LogP contribution in [0.4, 0.5) is 5.69 Å². The third-order valence-electron chi connectivity index (χ3n) is 3.73. The standard InChI is InChI=1S/C14H21N/c1-10-4-7-14(12(3)8-10)15-9-13-6-5-11(13)2/h4,7-8,11,13,15H,5-6,9H2,1-3H3/t11-,13-/m1/s1. The second-order valence-corrected chi connectivity index (χ2v) is 5.01. The molecule has 1 fully saturated rings. The summed E-state index contributed by atoms with van der Waals surface area (Å²) >= 11 is 0. The van der Waals surface area contributed by atoms with E-state index in [2.05, 4.69) is 44.3 Å². The van der Waals surface area contributed by atoms with E-state index in [0.717, 1.165) is 18.4 Å². The highest BCUT2D eigenvalue weighted by molar-refractivity contribution is 5.51. The topological polar surface area (TPSA) is 12.0 Å². The van der Waals surface area contributed by atoms with Gasteiger partial charge >= 0.3 is 0 Å². The first-order valence-corrected chi connectivity index (χ1v) is 5.98. The number of hydrogen-bond donors (Lipinski definition) is 1. The third-order valence-corrected chi connectivity index (χ3v) is 3.73. The normalized spacial score (nSPS) is 24.7. The Morgan fingerprint density at radius 1 is 1.27 bits per heavy atom. The Morgan fingerprint density at radius 2 is 2.07 bits per heavy atom. The van der Waals surface area contributed by atoms with Crippen LogP contribution in [0.25, 0.3) is 0 Å². The van der Waals surface area contributed by atoms with Crippen molar-refractivity contribution >= 4 is 5.69 Å². The maximum absolute atomic E-state index is 3.57. The number of nitrogens with one attached hydrogen (secondary N) is 1. The summed E-state index contributed by atoms with van der Waals surface area (Å²) in [6.07, 6.45) is 2.82. The van der Waals surface area contributed by atoms with Gasteiger partial charge in [-0.1, -0.05) is 31.0 Å². The zero-order valence-electron chi connectivity index (χ0n) is 10.0. The predicted octanol–water partition coefficient (Wildman–Crippen LogP) is 3.76. The summed E-state index contributed by atoms with van der Waals surface area (Å²) in [5.41, 5.74) is 4.01. The van der Waals surface area contributed by atoms with Gasteiger partial charge in [-0.15, -0.1) is 0 Å². The van der Waals surface area contributed by atoms with E-state index in [9.17, 15) is 0 Å². The van der Waals surface area contributed by atoms with E-state index in [1.807, 2.05) is 0 Å². The Kier molecular flexibility index (Phi) is 2.99. The molecule has 1 N–H and O–H groups in total. The molecule has 0 radical (unpaired) electrons. The van der Waals surface area contributed by atoms with Crippen LogP contribution in [0.15, 0.2) is 18.2 Å². The van der Waals surface area contributed by atoms with Crippen LogP contribution >= 0.6 is 0 Å². The van der Waals surface area contributed by atoms with Crippen molar-refractivity contribution in [2.45, 2.75) is 33.6 Å². The van der Waals surface area contributed by atoms with Gasteiger partial charge in [0.1, 0.15) is 0 Å². The quantitative estimate of drug-likeness (QED) is 0.788. The van der Waals surface area contributed by atoms with Gasteiger partial charge < -0.3 is 5.32 Å². The summed E-state index contributed by atoms with van der Waals surface area (Å²) in [7, 11) is 0. The van der Waals surface area contributed by atoms with Crippen molar-refractivity contribution in [3.05, 3.63) is 29.3 Å². The second kappa shape index (κ2) is 4.26. The molecule has 82 valence electrons. The minimum atomic E-state index is 0.894. The molecule has 0 amide bonds. The molecule has 0 spiro atoms. The van der Waals surface area contributed by atoms with Crippen LogP contribution in [0.5, 0.6) is 0 Å². The fraction of sp³-hybridized carbons (Fsp3) is 0.571. The fourth-order valence-corrected chi connectivity index (χ4v) is 2.29. The largest absolute Gasteiger partial charge is 0.385 e. The lowest BCUT2D eigenvalue weighted by Crippen LogP contribution is -2.29. The van der Waals surface area contributed by atoms with Gasteiger partial charge in [-0.25, -0.2) is 0 Å². The highest BCUT2D eigenvalue weighted by atomic mass is 14.9. The molecule has 0 aliphatic heterocycles. The van der Waals surface area contributed by atoms with Crippen LogP contribution in [0.3, 0.4) is 0 Å². The molecule has 1 saturated carbocycles. The van der Waals surface area contributed by atoms with E-state index in [0.29, 0.717) is 0 Å². The minimum absolute atomic E-state index is 0.894. The average Bonchev–Trinajstić information content (AvgIpc) is 2.19. The molecule has 2 rings (SSSR count). The van der Waals surface area contributed by atoms with Gasteiger partial charge in [0.25, 0.3) is 0 Å². The monoisotopic (exact) mass is 203 g/mol. The first kappa shape index (κ1) is 10.5. The van der Waals surface area contributed by atoms with Crippen LogP contribution in [-0.2, 0) is 0 Å². The van der Waals surface area contributed by atoms with E-state index in [4.69, 9.17) is 0 Å². The van der Waals surface area contributed by atoms with Gasteiger partial charge in [0, 0.05) is 12.2 Å². The summed E-state index contributed by atoms with van der Waals surface area (Å²) in [5.74, 6) is 1.81. The van der Waals surface area contributed by atoms with Crippen LogP contribution in [0, 0.1) is 25.7 Å². The molecule has 15 heavy (non-hydrogen) atoms. The van der Waals surface area contributed by atoms with Crippen molar-refractivity contribution < 1.29 is 0 Å². The smallest absolute Gasteiger partial charge is 0.0370 e. The lowest BCUT2D eigenvalue weighted by Gasteiger charge is -2.34. The second-order valence-electron chi connectivity index (χ2n) is 5.01. The van der Waals surface area contributed by atoms with Crippen molar-refractivity contribution in [2.75, 3.05) is 11.9 Å². The van der Waals surface area contributed by atoms with Crippen molar-refractivity contribution in [1.82, 2.24) is 0 Å². The van der Waals surface area contributed by atoms with Gasteiger partial charge in [0.15, 0.2) is 0 Å². The molecule has 0 bridgehead atoms.